The zero-order valence-corrected chi connectivity index (χ0v) is 16.1. The average Bonchev–Trinajstić information content (AvgIpc) is 2.64. The van der Waals surface area contributed by atoms with E-state index in [1.54, 1.807) is 0 Å². The lowest BCUT2D eigenvalue weighted by Crippen LogP contribution is -2.56. The molecule has 1 aromatic carbocycles. The Balaban J connectivity index is 1.14. The fraction of sp³-hybridized carbons (Fsp3) is 0.696. The molecule has 5 fully saturated rings. The number of carbonyl (C=O) groups excluding carboxylic acids is 1. The number of halogens is 1. The molecule has 6 rings (SSSR count). The molecule has 0 unspecified atom stereocenters. The van der Waals surface area contributed by atoms with Gasteiger partial charge < -0.3 is 5.32 Å². The van der Waals surface area contributed by atoms with Crippen molar-refractivity contribution in [3.05, 3.63) is 35.6 Å². The molecule has 0 radical (unpaired) electrons. The molecule has 0 atom stereocenters. The number of likely N-dealkylation sites (tertiary alicyclic amines) is 1. The highest BCUT2D eigenvalue weighted by Crippen LogP contribution is 2.60. The topological polar surface area (TPSA) is 32.3 Å². The van der Waals surface area contributed by atoms with Gasteiger partial charge in [0.2, 0.25) is 5.91 Å². The van der Waals surface area contributed by atoms with Crippen LogP contribution in [0.2, 0.25) is 0 Å². The predicted octanol–water partition coefficient (Wildman–Crippen LogP) is 4.12. The molecule has 1 saturated heterocycles. The molecule has 0 aromatic heterocycles. The van der Waals surface area contributed by atoms with Crippen molar-refractivity contribution >= 4 is 5.91 Å². The summed E-state index contributed by atoms with van der Waals surface area (Å²) in [6.07, 6.45) is 9.65. The van der Waals surface area contributed by atoms with E-state index in [9.17, 15) is 9.18 Å². The van der Waals surface area contributed by atoms with Gasteiger partial charge in [0, 0.05) is 31.1 Å². The molecule has 1 N–H and O–H groups in total. The second kappa shape index (κ2) is 6.88. The Labute approximate surface area is 161 Å². The molecule has 27 heavy (non-hydrogen) atoms. The van der Waals surface area contributed by atoms with Crippen LogP contribution in [0.15, 0.2) is 24.3 Å². The second-order valence-corrected chi connectivity index (χ2v) is 9.85. The number of amides is 1. The quantitative estimate of drug-likeness (QED) is 0.865. The minimum atomic E-state index is -0.176. The van der Waals surface area contributed by atoms with E-state index < -0.39 is 0 Å². The molecule has 4 aliphatic carbocycles. The lowest BCUT2D eigenvalue weighted by Gasteiger charge is -2.56. The summed E-state index contributed by atoms with van der Waals surface area (Å²) in [6.45, 7) is 2.88. The van der Waals surface area contributed by atoms with Gasteiger partial charge >= 0.3 is 0 Å². The predicted molar refractivity (Wildman–Crippen MR) is 103 cm³/mol. The summed E-state index contributed by atoms with van der Waals surface area (Å²) < 4.78 is 13.1. The van der Waals surface area contributed by atoms with E-state index in [1.165, 1.54) is 31.4 Å². The molecular weight excluding hydrogens is 339 g/mol. The van der Waals surface area contributed by atoms with Crippen LogP contribution in [-0.2, 0) is 11.3 Å². The number of carbonyl (C=O) groups is 1. The van der Waals surface area contributed by atoms with Gasteiger partial charge in [0.1, 0.15) is 5.82 Å². The van der Waals surface area contributed by atoms with E-state index in [0.717, 1.165) is 75.1 Å². The molecular formula is C23H31FN2O. The fourth-order valence-corrected chi connectivity index (χ4v) is 6.81. The number of nitrogens with one attached hydrogen (secondary N) is 1. The lowest BCUT2D eigenvalue weighted by molar-refractivity contribution is -0.147. The molecule has 146 valence electrons. The molecule has 4 heteroatoms. The van der Waals surface area contributed by atoms with Gasteiger partial charge in [-0.1, -0.05) is 12.1 Å². The zero-order chi connectivity index (χ0) is 18.4. The third kappa shape index (κ3) is 3.53. The van der Waals surface area contributed by atoms with E-state index in [1.807, 2.05) is 12.1 Å². The molecule has 4 bridgehead atoms. The largest absolute Gasteiger partial charge is 0.353 e. The van der Waals surface area contributed by atoms with Gasteiger partial charge in [-0.2, -0.15) is 0 Å². The molecule has 3 nitrogen and oxygen atoms in total. The first kappa shape index (κ1) is 17.7. The van der Waals surface area contributed by atoms with Gasteiger partial charge in [0.25, 0.3) is 0 Å². The first-order valence-electron chi connectivity index (χ1n) is 10.9. The molecule has 0 spiro atoms. The van der Waals surface area contributed by atoms with Crippen molar-refractivity contribution in [2.24, 2.45) is 23.2 Å². The summed E-state index contributed by atoms with van der Waals surface area (Å²) in [5.41, 5.74) is 1.13. The van der Waals surface area contributed by atoms with E-state index in [4.69, 9.17) is 0 Å². The van der Waals surface area contributed by atoms with Crippen molar-refractivity contribution in [1.82, 2.24) is 10.2 Å². The van der Waals surface area contributed by atoms with Crippen LogP contribution >= 0.6 is 0 Å². The van der Waals surface area contributed by atoms with Crippen LogP contribution in [0.3, 0.4) is 0 Å². The Morgan fingerprint density at radius 3 is 2.11 bits per heavy atom. The molecule has 4 saturated carbocycles. The van der Waals surface area contributed by atoms with E-state index in [2.05, 4.69) is 10.2 Å². The standard InChI is InChI=1S/C23H31FN2O/c24-20-3-1-16(2-4-20)15-26-7-5-21(6-8-26)25-22(27)23-12-17-9-18(13-23)11-19(10-17)14-23/h1-4,17-19,21H,5-15H2,(H,25,27). The summed E-state index contributed by atoms with van der Waals surface area (Å²) >= 11 is 0. The van der Waals surface area contributed by atoms with Crippen molar-refractivity contribution in [1.29, 1.82) is 0 Å². The second-order valence-electron chi connectivity index (χ2n) is 9.85. The van der Waals surface area contributed by atoms with Crippen LogP contribution in [0.4, 0.5) is 4.39 Å². The first-order chi connectivity index (χ1) is 13.1. The molecule has 5 aliphatic rings. The Bertz CT molecular complexity index is 658. The smallest absolute Gasteiger partial charge is 0.226 e. The average molecular weight is 371 g/mol. The molecule has 1 aliphatic heterocycles. The third-order valence-corrected chi connectivity index (χ3v) is 7.76. The number of hydrogen-bond acceptors (Lipinski definition) is 2. The highest BCUT2D eigenvalue weighted by Gasteiger charge is 2.54. The summed E-state index contributed by atoms with van der Waals surface area (Å²) in [7, 11) is 0. The van der Waals surface area contributed by atoms with E-state index in [-0.39, 0.29) is 11.2 Å². The highest BCUT2D eigenvalue weighted by atomic mass is 19.1. The van der Waals surface area contributed by atoms with E-state index >= 15 is 0 Å². The monoisotopic (exact) mass is 370 g/mol. The van der Waals surface area contributed by atoms with Gasteiger partial charge in [-0.15, -0.1) is 0 Å². The number of hydrogen-bond donors (Lipinski definition) is 1. The van der Waals surface area contributed by atoms with Crippen molar-refractivity contribution in [3.8, 4) is 0 Å². The van der Waals surface area contributed by atoms with Crippen molar-refractivity contribution in [2.45, 2.75) is 64.0 Å². The van der Waals surface area contributed by atoms with Crippen molar-refractivity contribution in [3.63, 3.8) is 0 Å². The van der Waals surface area contributed by atoms with Gasteiger partial charge in [-0.25, -0.2) is 4.39 Å². The molecule has 1 heterocycles. The Hall–Kier alpha value is -1.42. The van der Waals surface area contributed by atoms with Crippen LogP contribution in [0.1, 0.15) is 56.9 Å². The Morgan fingerprint density at radius 1 is 1.00 bits per heavy atom. The number of nitrogens with zero attached hydrogens (tertiary/aromatic N) is 1. The number of rotatable bonds is 4. The van der Waals surface area contributed by atoms with Gasteiger partial charge in [-0.05, 0) is 86.8 Å². The summed E-state index contributed by atoms with van der Waals surface area (Å²) in [6, 6.07) is 7.14. The zero-order valence-electron chi connectivity index (χ0n) is 16.1. The van der Waals surface area contributed by atoms with Crippen LogP contribution in [0.5, 0.6) is 0 Å². The summed E-state index contributed by atoms with van der Waals surface area (Å²) in [5, 5.41) is 3.45. The minimum Gasteiger partial charge on any atom is -0.353 e. The van der Waals surface area contributed by atoms with Gasteiger partial charge in [0.05, 0.1) is 0 Å². The van der Waals surface area contributed by atoms with Crippen LogP contribution in [-0.4, -0.2) is 29.9 Å². The minimum absolute atomic E-state index is 0.0278. The number of benzene rings is 1. The Kier molecular flexibility index (Phi) is 4.50. The van der Waals surface area contributed by atoms with E-state index in [0.29, 0.717) is 11.9 Å². The van der Waals surface area contributed by atoms with Gasteiger partial charge in [0.15, 0.2) is 0 Å². The lowest BCUT2D eigenvalue weighted by atomic mass is 9.49. The third-order valence-electron chi connectivity index (χ3n) is 7.76. The number of piperidine rings is 1. The highest BCUT2D eigenvalue weighted by molar-refractivity contribution is 5.83. The SMILES string of the molecule is O=C(NC1CCN(Cc2ccc(F)cc2)CC1)C12CC3CC(CC(C3)C1)C2. The maximum Gasteiger partial charge on any atom is 0.226 e. The van der Waals surface area contributed by atoms with Gasteiger partial charge in [-0.3, -0.25) is 9.69 Å². The molecule has 1 amide bonds. The fourth-order valence-electron chi connectivity index (χ4n) is 6.81. The maximum absolute atomic E-state index is 13.2. The van der Waals surface area contributed by atoms with Crippen LogP contribution in [0.25, 0.3) is 0 Å². The first-order valence-corrected chi connectivity index (χ1v) is 10.9. The summed E-state index contributed by atoms with van der Waals surface area (Å²) in [4.78, 5) is 15.6. The molecule has 1 aromatic rings. The Morgan fingerprint density at radius 2 is 1.56 bits per heavy atom. The van der Waals surface area contributed by atoms with Crippen molar-refractivity contribution < 1.29 is 9.18 Å². The van der Waals surface area contributed by atoms with Crippen LogP contribution < -0.4 is 5.32 Å². The van der Waals surface area contributed by atoms with Crippen LogP contribution in [0, 0.1) is 29.0 Å². The maximum atomic E-state index is 13.2. The van der Waals surface area contributed by atoms with Crippen molar-refractivity contribution in [2.75, 3.05) is 13.1 Å². The normalized spacial score (nSPS) is 36.1. The summed E-state index contributed by atoms with van der Waals surface area (Å²) in [5.74, 6) is 2.65.